The highest BCUT2D eigenvalue weighted by Gasteiger charge is 2.28. The maximum absolute atomic E-state index is 5.97. The van der Waals surface area contributed by atoms with E-state index in [1.165, 1.54) is 0 Å². The van der Waals surface area contributed by atoms with Gasteiger partial charge in [0.15, 0.2) is 0 Å². The lowest BCUT2D eigenvalue weighted by atomic mass is 10.3. The molecular weight excluding hydrogens is 308 g/mol. The fourth-order valence-corrected chi connectivity index (χ4v) is 3.85. The SMILES string of the molecule is c1ccc2c(c1)NC(c1ccc(C3Nc4ccccc4O3)s1)O2. The normalized spacial score (nSPS) is 20.7. The Morgan fingerprint density at radius 3 is 1.61 bits per heavy atom. The van der Waals surface area contributed by atoms with Crippen molar-refractivity contribution >= 4 is 22.7 Å². The first-order chi connectivity index (χ1) is 11.4. The molecule has 1 aromatic heterocycles. The summed E-state index contributed by atoms with van der Waals surface area (Å²) in [5.41, 5.74) is 2.07. The van der Waals surface area contributed by atoms with E-state index in [9.17, 15) is 0 Å². The summed E-state index contributed by atoms with van der Waals surface area (Å²) in [5.74, 6) is 1.80. The molecule has 5 heteroatoms. The highest BCUT2D eigenvalue weighted by molar-refractivity contribution is 7.12. The zero-order valence-electron chi connectivity index (χ0n) is 12.2. The fourth-order valence-electron chi connectivity index (χ4n) is 2.88. The highest BCUT2D eigenvalue weighted by Crippen LogP contribution is 2.43. The number of anilines is 2. The number of ether oxygens (including phenoxy) is 2. The molecule has 2 aliphatic heterocycles. The molecule has 3 heterocycles. The van der Waals surface area contributed by atoms with E-state index in [1.807, 2.05) is 48.5 Å². The minimum atomic E-state index is -0.130. The van der Waals surface area contributed by atoms with Gasteiger partial charge in [-0.2, -0.15) is 0 Å². The minimum absolute atomic E-state index is 0.130. The molecule has 0 saturated carbocycles. The molecular formula is C18H14N2O2S. The lowest BCUT2D eigenvalue weighted by Gasteiger charge is -2.10. The molecule has 0 radical (unpaired) electrons. The molecule has 114 valence electrons. The molecule has 4 nitrogen and oxygen atoms in total. The Kier molecular flexibility index (Phi) is 2.75. The summed E-state index contributed by atoms with van der Waals surface area (Å²) in [6.07, 6.45) is -0.259. The van der Waals surface area contributed by atoms with Crippen molar-refractivity contribution in [1.29, 1.82) is 0 Å². The lowest BCUT2D eigenvalue weighted by molar-refractivity contribution is 0.263. The van der Waals surface area contributed by atoms with Gasteiger partial charge in [0.2, 0.25) is 12.5 Å². The second-order valence-electron chi connectivity index (χ2n) is 5.52. The first kappa shape index (κ1) is 12.8. The molecule has 0 fully saturated rings. The van der Waals surface area contributed by atoms with Gasteiger partial charge < -0.3 is 20.1 Å². The van der Waals surface area contributed by atoms with Gasteiger partial charge in [0.25, 0.3) is 0 Å². The van der Waals surface area contributed by atoms with Gasteiger partial charge in [-0.15, -0.1) is 11.3 Å². The van der Waals surface area contributed by atoms with Crippen molar-refractivity contribution in [2.24, 2.45) is 0 Å². The number of thiophene rings is 1. The monoisotopic (exact) mass is 322 g/mol. The van der Waals surface area contributed by atoms with E-state index < -0.39 is 0 Å². The lowest BCUT2D eigenvalue weighted by Crippen LogP contribution is -2.09. The van der Waals surface area contributed by atoms with Crippen LogP contribution >= 0.6 is 11.3 Å². The quantitative estimate of drug-likeness (QED) is 0.714. The van der Waals surface area contributed by atoms with Crippen LogP contribution in [0.15, 0.2) is 60.7 Å². The molecule has 3 aromatic rings. The van der Waals surface area contributed by atoms with Crippen molar-refractivity contribution in [2.45, 2.75) is 12.5 Å². The number of hydrogen-bond donors (Lipinski definition) is 2. The van der Waals surface area contributed by atoms with Crippen LogP contribution in [-0.2, 0) is 0 Å². The predicted octanol–water partition coefficient (Wildman–Crippen LogP) is 4.75. The van der Waals surface area contributed by atoms with Crippen molar-refractivity contribution in [1.82, 2.24) is 0 Å². The molecule has 0 spiro atoms. The van der Waals surface area contributed by atoms with E-state index in [0.29, 0.717) is 0 Å². The molecule has 0 aliphatic carbocycles. The van der Waals surface area contributed by atoms with Crippen LogP contribution in [0.5, 0.6) is 11.5 Å². The Morgan fingerprint density at radius 2 is 1.13 bits per heavy atom. The molecule has 0 amide bonds. The Morgan fingerprint density at radius 1 is 0.652 bits per heavy atom. The summed E-state index contributed by atoms with van der Waals surface area (Å²) in [5, 5.41) is 6.80. The summed E-state index contributed by atoms with van der Waals surface area (Å²) < 4.78 is 11.9. The topological polar surface area (TPSA) is 42.5 Å². The Labute approximate surface area is 137 Å². The molecule has 0 bridgehead atoms. The van der Waals surface area contributed by atoms with Crippen LogP contribution in [0.2, 0.25) is 0 Å². The van der Waals surface area contributed by atoms with Crippen LogP contribution in [0, 0.1) is 0 Å². The number of fused-ring (bicyclic) bond motifs is 2. The van der Waals surface area contributed by atoms with E-state index in [-0.39, 0.29) is 12.5 Å². The molecule has 2 aromatic carbocycles. The van der Waals surface area contributed by atoms with Crippen molar-refractivity contribution in [3.8, 4) is 11.5 Å². The summed E-state index contributed by atoms with van der Waals surface area (Å²) in [6, 6.07) is 20.2. The molecule has 2 aliphatic rings. The van der Waals surface area contributed by atoms with Crippen LogP contribution in [-0.4, -0.2) is 0 Å². The van der Waals surface area contributed by atoms with Crippen LogP contribution < -0.4 is 20.1 Å². The number of hydrogen-bond acceptors (Lipinski definition) is 5. The van der Waals surface area contributed by atoms with E-state index in [2.05, 4.69) is 22.8 Å². The second kappa shape index (κ2) is 4.93. The highest BCUT2D eigenvalue weighted by atomic mass is 32.1. The number of para-hydroxylation sites is 4. The first-order valence-corrected chi connectivity index (χ1v) is 8.32. The minimum Gasteiger partial charge on any atom is -0.463 e. The van der Waals surface area contributed by atoms with Crippen LogP contribution in [0.4, 0.5) is 11.4 Å². The molecule has 2 atom stereocenters. The van der Waals surface area contributed by atoms with Gasteiger partial charge in [-0.3, -0.25) is 0 Å². The summed E-state index contributed by atoms with van der Waals surface area (Å²) in [6.45, 7) is 0. The summed E-state index contributed by atoms with van der Waals surface area (Å²) in [7, 11) is 0. The standard InChI is InChI=1S/C18H14N2O2S/c1-3-7-13-11(5-1)19-17(21-13)15-9-10-16(23-15)18-20-12-6-2-4-8-14(12)22-18/h1-10,17-20H. The van der Waals surface area contributed by atoms with Crippen LogP contribution in [0.3, 0.4) is 0 Å². The third kappa shape index (κ3) is 2.12. The van der Waals surface area contributed by atoms with E-state index in [4.69, 9.17) is 9.47 Å². The predicted molar refractivity (Wildman–Crippen MR) is 91.2 cm³/mol. The largest absolute Gasteiger partial charge is 0.463 e. The smallest absolute Gasteiger partial charge is 0.205 e. The molecule has 0 saturated heterocycles. The molecule has 2 unspecified atom stereocenters. The number of rotatable bonds is 2. The van der Waals surface area contributed by atoms with Gasteiger partial charge in [0, 0.05) is 0 Å². The average Bonchev–Trinajstić information content (AvgIpc) is 3.30. The molecule has 23 heavy (non-hydrogen) atoms. The van der Waals surface area contributed by atoms with Crippen molar-refractivity contribution in [3.05, 3.63) is 70.4 Å². The van der Waals surface area contributed by atoms with Crippen molar-refractivity contribution in [3.63, 3.8) is 0 Å². The van der Waals surface area contributed by atoms with E-state index in [0.717, 1.165) is 32.6 Å². The van der Waals surface area contributed by atoms with E-state index >= 15 is 0 Å². The average molecular weight is 322 g/mol. The number of benzene rings is 2. The summed E-state index contributed by atoms with van der Waals surface area (Å²) >= 11 is 1.69. The zero-order valence-corrected chi connectivity index (χ0v) is 13.0. The van der Waals surface area contributed by atoms with Crippen LogP contribution in [0.25, 0.3) is 0 Å². The fraction of sp³-hybridized carbons (Fsp3) is 0.111. The summed E-state index contributed by atoms with van der Waals surface area (Å²) in [4.78, 5) is 2.27. The van der Waals surface area contributed by atoms with Crippen molar-refractivity contribution in [2.75, 3.05) is 10.6 Å². The van der Waals surface area contributed by atoms with Gasteiger partial charge in [-0.05, 0) is 36.4 Å². The van der Waals surface area contributed by atoms with Crippen LogP contribution in [0.1, 0.15) is 22.2 Å². The van der Waals surface area contributed by atoms with Crippen molar-refractivity contribution < 1.29 is 9.47 Å². The molecule has 5 rings (SSSR count). The van der Waals surface area contributed by atoms with E-state index in [1.54, 1.807) is 11.3 Å². The van der Waals surface area contributed by atoms with Gasteiger partial charge in [-0.25, -0.2) is 0 Å². The number of nitrogens with one attached hydrogen (secondary N) is 2. The molecule has 2 N–H and O–H groups in total. The Balaban J connectivity index is 1.37. The Hall–Kier alpha value is -2.66. The second-order valence-corrected chi connectivity index (χ2v) is 6.66. The van der Waals surface area contributed by atoms with Gasteiger partial charge in [0.1, 0.15) is 11.5 Å². The third-order valence-electron chi connectivity index (χ3n) is 4.00. The maximum Gasteiger partial charge on any atom is 0.205 e. The van der Waals surface area contributed by atoms with Gasteiger partial charge in [-0.1, -0.05) is 24.3 Å². The zero-order chi connectivity index (χ0) is 15.2. The first-order valence-electron chi connectivity index (χ1n) is 7.51. The van der Waals surface area contributed by atoms with Gasteiger partial charge >= 0.3 is 0 Å². The third-order valence-corrected chi connectivity index (χ3v) is 5.17. The van der Waals surface area contributed by atoms with Gasteiger partial charge in [0.05, 0.1) is 21.1 Å². The Bertz CT molecular complexity index is 757. The maximum atomic E-state index is 5.97.